The van der Waals surface area contributed by atoms with Crippen LogP contribution in [0, 0.1) is 0 Å². The number of ether oxygens (including phenoxy) is 2. The van der Waals surface area contributed by atoms with Crippen molar-refractivity contribution in [1.29, 1.82) is 0 Å². The Morgan fingerprint density at radius 3 is 2.00 bits per heavy atom. The molecule has 0 aliphatic heterocycles. The van der Waals surface area contributed by atoms with Crippen LogP contribution in [-0.4, -0.2) is 32.5 Å². The summed E-state index contributed by atoms with van der Waals surface area (Å²) in [4.78, 5) is 0. The Morgan fingerprint density at radius 2 is 1.48 bits per heavy atom. The Kier molecular flexibility index (Phi) is 5.81. The molecule has 2 aromatic rings. The van der Waals surface area contributed by atoms with Gasteiger partial charge in [0.2, 0.25) is 0 Å². The van der Waals surface area contributed by atoms with Crippen LogP contribution in [0.3, 0.4) is 0 Å². The molecule has 0 unspecified atom stereocenters. The molecule has 0 saturated heterocycles. The van der Waals surface area contributed by atoms with E-state index in [0.29, 0.717) is 25.4 Å². The van der Waals surface area contributed by atoms with Crippen LogP contribution in [0.1, 0.15) is 30.0 Å². The van der Waals surface area contributed by atoms with Crippen molar-refractivity contribution in [2.45, 2.75) is 31.0 Å². The van der Waals surface area contributed by atoms with Crippen LogP contribution in [0.4, 0.5) is 0 Å². The van der Waals surface area contributed by atoms with Crippen molar-refractivity contribution < 1.29 is 9.47 Å². The third kappa shape index (κ3) is 4.41. The van der Waals surface area contributed by atoms with E-state index in [9.17, 15) is 0 Å². The van der Waals surface area contributed by atoms with Gasteiger partial charge in [-0.1, -0.05) is 60.7 Å². The summed E-state index contributed by atoms with van der Waals surface area (Å²) in [5.74, 6) is 0. The van der Waals surface area contributed by atoms with Crippen molar-refractivity contribution in [3.8, 4) is 0 Å². The van der Waals surface area contributed by atoms with Gasteiger partial charge in [0.25, 0.3) is 0 Å². The average molecular weight is 311 g/mol. The third-order valence-corrected chi connectivity index (χ3v) is 4.40. The molecule has 0 heterocycles. The molecule has 3 heteroatoms. The van der Waals surface area contributed by atoms with E-state index in [-0.39, 0.29) is 6.04 Å². The molecule has 0 amide bonds. The van der Waals surface area contributed by atoms with Gasteiger partial charge in [0, 0.05) is 13.2 Å². The molecule has 1 N–H and O–H groups in total. The first-order valence-electron chi connectivity index (χ1n) is 8.33. The van der Waals surface area contributed by atoms with Gasteiger partial charge in [0.05, 0.1) is 25.4 Å². The fraction of sp³-hybridized carbons (Fsp3) is 0.400. The molecule has 0 aromatic heterocycles. The van der Waals surface area contributed by atoms with Crippen LogP contribution in [-0.2, 0) is 9.47 Å². The Balaban J connectivity index is 1.60. The SMILES string of the molecule is COCCOC1CC(NC(c2ccccc2)c2ccccc2)C1. The van der Waals surface area contributed by atoms with Gasteiger partial charge in [-0.05, 0) is 24.0 Å². The average Bonchev–Trinajstić information content (AvgIpc) is 2.58. The molecular weight excluding hydrogens is 286 g/mol. The normalized spacial score (nSPS) is 20.4. The first kappa shape index (κ1) is 16.2. The number of hydrogen-bond donors (Lipinski definition) is 1. The van der Waals surface area contributed by atoms with Gasteiger partial charge >= 0.3 is 0 Å². The van der Waals surface area contributed by atoms with Crippen LogP contribution in [0.5, 0.6) is 0 Å². The Hall–Kier alpha value is -1.68. The van der Waals surface area contributed by atoms with Crippen LogP contribution < -0.4 is 5.32 Å². The molecule has 0 spiro atoms. The lowest BCUT2D eigenvalue weighted by Crippen LogP contribution is -2.47. The summed E-state index contributed by atoms with van der Waals surface area (Å²) < 4.78 is 10.8. The summed E-state index contributed by atoms with van der Waals surface area (Å²) in [5.41, 5.74) is 2.62. The molecule has 3 nitrogen and oxygen atoms in total. The lowest BCUT2D eigenvalue weighted by Gasteiger charge is -2.38. The van der Waals surface area contributed by atoms with E-state index in [4.69, 9.17) is 9.47 Å². The number of hydrogen-bond acceptors (Lipinski definition) is 3. The maximum atomic E-state index is 5.78. The van der Waals surface area contributed by atoms with E-state index in [1.54, 1.807) is 7.11 Å². The Bertz CT molecular complexity index is 527. The lowest BCUT2D eigenvalue weighted by molar-refractivity contribution is -0.0368. The smallest absolute Gasteiger partial charge is 0.0704 e. The summed E-state index contributed by atoms with van der Waals surface area (Å²) in [6.45, 7) is 1.36. The monoisotopic (exact) mass is 311 g/mol. The standard InChI is InChI=1S/C20H25NO2/c1-22-12-13-23-19-14-18(15-19)21-20(16-8-4-2-5-9-16)17-10-6-3-7-11-17/h2-11,18-21H,12-15H2,1H3. The molecule has 1 aliphatic rings. The van der Waals surface area contributed by atoms with E-state index in [2.05, 4.69) is 66.0 Å². The van der Waals surface area contributed by atoms with Gasteiger partial charge in [-0.3, -0.25) is 0 Å². The summed E-state index contributed by atoms with van der Waals surface area (Å²) in [7, 11) is 1.71. The summed E-state index contributed by atoms with van der Waals surface area (Å²) >= 11 is 0. The topological polar surface area (TPSA) is 30.5 Å². The molecule has 0 bridgehead atoms. The van der Waals surface area contributed by atoms with Crippen LogP contribution in [0.15, 0.2) is 60.7 Å². The van der Waals surface area contributed by atoms with E-state index < -0.39 is 0 Å². The van der Waals surface area contributed by atoms with Gasteiger partial charge in [-0.25, -0.2) is 0 Å². The number of methoxy groups -OCH3 is 1. The number of nitrogens with one attached hydrogen (secondary N) is 1. The van der Waals surface area contributed by atoms with Gasteiger partial charge in [0.15, 0.2) is 0 Å². The second-order valence-electron chi connectivity index (χ2n) is 6.07. The van der Waals surface area contributed by atoms with Crippen molar-refractivity contribution in [2.75, 3.05) is 20.3 Å². The van der Waals surface area contributed by atoms with E-state index in [1.165, 1.54) is 11.1 Å². The molecule has 0 atom stereocenters. The molecule has 23 heavy (non-hydrogen) atoms. The third-order valence-electron chi connectivity index (χ3n) is 4.40. The summed E-state index contributed by atoms with van der Waals surface area (Å²) in [6, 6.07) is 22.0. The molecule has 2 aromatic carbocycles. The molecule has 1 saturated carbocycles. The quantitative estimate of drug-likeness (QED) is 0.756. The maximum absolute atomic E-state index is 5.78. The molecule has 3 rings (SSSR count). The van der Waals surface area contributed by atoms with Crippen molar-refractivity contribution in [3.63, 3.8) is 0 Å². The van der Waals surface area contributed by atoms with Crippen molar-refractivity contribution in [2.24, 2.45) is 0 Å². The largest absolute Gasteiger partial charge is 0.382 e. The fourth-order valence-corrected chi connectivity index (χ4v) is 3.05. The molecule has 1 fully saturated rings. The molecule has 122 valence electrons. The second kappa shape index (κ2) is 8.25. The Morgan fingerprint density at radius 1 is 0.913 bits per heavy atom. The zero-order valence-electron chi connectivity index (χ0n) is 13.7. The highest BCUT2D eigenvalue weighted by molar-refractivity contribution is 5.31. The van der Waals surface area contributed by atoms with Crippen molar-refractivity contribution >= 4 is 0 Å². The van der Waals surface area contributed by atoms with E-state index in [0.717, 1.165) is 12.8 Å². The minimum Gasteiger partial charge on any atom is -0.382 e. The van der Waals surface area contributed by atoms with Gasteiger partial charge in [-0.15, -0.1) is 0 Å². The fourth-order valence-electron chi connectivity index (χ4n) is 3.05. The van der Waals surface area contributed by atoms with Gasteiger partial charge in [0.1, 0.15) is 0 Å². The predicted molar refractivity (Wildman–Crippen MR) is 92.5 cm³/mol. The van der Waals surface area contributed by atoms with Gasteiger partial charge in [-0.2, -0.15) is 0 Å². The summed E-state index contributed by atoms with van der Waals surface area (Å²) in [5, 5.41) is 3.80. The Labute approximate surface area is 138 Å². The molecular formula is C20H25NO2. The number of rotatable bonds is 8. The zero-order chi connectivity index (χ0) is 15.9. The van der Waals surface area contributed by atoms with E-state index >= 15 is 0 Å². The second-order valence-corrected chi connectivity index (χ2v) is 6.07. The first-order valence-corrected chi connectivity index (χ1v) is 8.33. The first-order chi connectivity index (χ1) is 11.4. The minimum absolute atomic E-state index is 0.238. The van der Waals surface area contributed by atoms with Crippen molar-refractivity contribution in [3.05, 3.63) is 71.8 Å². The molecule has 1 aliphatic carbocycles. The lowest BCUT2D eigenvalue weighted by atomic mass is 9.87. The molecule has 0 radical (unpaired) electrons. The number of benzene rings is 2. The highest BCUT2D eigenvalue weighted by Gasteiger charge is 2.31. The van der Waals surface area contributed by atoms with Crippen LogP contribution in [0.2, 0.25) is 0 Å². The van der Waals surface area contributed by atoms with Crippen LogP contribution in [0.25, 0.3) is 0 Å². The summed E-state index contributed by atoms with van der Waals surface area (Å²) in [6.07, 6.45) is 2.51. The maximum Gasteiger partial charge on any atom is 0.0704 e. The van der Waals surface area contributed by atoms with Crippen LogP contribution >= 0.6 is 0 Å². The van der Waals surface area contributed by atoms with Crippen molar-refractivity contribution in [1.82, 2.24) is 5.32 Å². The zero-order valence-corrected chi connectivity index (χ0v) is 13.7. The van der Waals surface area contributed by atoms with E-state index in [1.807, 2.05) is 0 Å². The highest BCUT2D eigenvalue weighted by atomic mass is 16.5. The highest BCUT2D eigenvalue weighted by Crippen LogP contribution is 2.29. The predicted octanol–water partition coefficient (Wildman–Crippen LogP) is 3.56. The van der Waals surface area contributed by atoms with Gasteiger partial charge < -0.3 is 14.8 Å². The minimum atomic E-state index is 0.238.